The molecule has 1 atom stereocenters. The van der Waals surface area contributed by atoms with Crippen molar-refractivity contribution in [3.05, 3.63) is 65.5 Å². The first-order valence-electron chi connectivity index (χ1n) is 7.54. The van der Waals surface area contributed by atoms with Gasteiger partial charge in [0, 0.05) is 12.2 Å². The van der Waals surface area contributed by atoms with E-state index in [4.69, 9.17) is 0 Å². The summed E-state index contributed by atoms with van der Waals surface area (Å²) < 4.78 is 12.8. The maximum absolute atomic E-state index is 12.8. The zero-order valence-corrected chi connectivity index (χ0v) is 13.2. The standard InChI is InChI=1S/C18H21FN2O2/c1-12(2)15-5-3-4-6-16(15)21-18(23)20-11-17(22)13-7-9-14(19)10-8-13/h3-10,12,17,22H,11H2,1-2H3,(H2,20,21,23). The summed E-state index contributed by atoms with van der Waals surface area (Å²) in [5.74, 6) is -0.0757. The molecule has 3 N–H and O–H groups in total. The minimum Gasteiger partial charge on any atom is -0.387 e. The summed E-state index contributed by atoms with van der Waals surface area (Å²) >= 11 is 0. The molecule has 0 fully saturated rings. The van der Waals surface area contributed by atoms with E-state index in [1.807, 2.05) is 24.3 Å². The fourth-order valence-corrected chi connectivity index (χ4v) is 2.27. The third-order valence-corrected chi connectivity index (χ3v) is 3.54. The fraction of sp³-hybridized carbons (Fsp3) is 0.278. The second-order valence-corrected chi connectivity index (χ2v) is 5.64. The molecule has 0 aromatic heterocycles. The summed E-state index contributed by atoms with van der Waals surface area (Å²) in [4.78, 5) is 12.0. The van der Waals surface area contributed by atoms with Gasteiger partial charge in [-0.3, -0.25) is 0 Å². The summed E-state index contributed by atoms with van der Waals surface area (Å²) in [6.45, 7) is 4.15. The van der Waals surface area contributed by atoms with Crippen LogP contribution in [0, 0.1) is 5.82 Å². The van der Waals surface area contributed by atoms with Gasteiger partial charge in [-0.1, -0.05) is 44.2 Å². The predicted molar refractivity (Wildman–Crippen MR) is 88.9 cm³/mol. The molecule has 0 heterocycles. The molecule has 0 saturated heterocycles. The van der Waals surface area contributed by atoms with Crippen LogP contribution in [0.4, 0.5) is 14.9 Å². The number of rotatable bonds is 5. The fourth-order valence-electron chi connectivity index (χ4n) is 2.27. The average molecular weight is 316 g/mol. The van der Waals surface area contributed by atoms with E-state index in [-0.39, 0.29) is 24.3 Å². The topological polar surface area (TPSA) is 61.4 Å². The van der Waals surface area contributed by atoms with Gasteiger partial charge in [0.1, 0.15) is 5.82 Å². The number of hydrogen-bond donors (Lipinski definition) is 3. The van der Waals surface area contributed by atoms with Crippen LogP contribution in [0.3, 0.4) is 0 Å². The van der Waals surface area contributed by atoms with E-state index in [0.29, 0.717) is 5.56 Å². The molecular weight excluding hydrogens is 295 g/mol. The molecule has 0 aliphatic heterocycles. The van der Waals surface area contributed by atoms with Crippen molar-refractivity contribution in [3.8, 4) is 0 Å². The highest BCUT2D eigenvalue weighted by Crippen LogP contribution is 2.23. The van der Waals surface area contributed by atoms with Gasteiger partial charge in [0.2, 0.25) is 0 Å². The molecule has 0 spiro atoms. The second-order valence-electron chi connectivity index (χ2n) is 5.64. The summed E-state index contributed by atoms with van der Waals surface area (Å²) in [5.41, 5.74) is 2.34. The highest BCUT2D eigenvalue weighted by Gasteiger charge is 2.12. The number of amides is 2. The van der Waals surface area contributed by atoms with Gasteiger partial charge in [-0.2, -0.15) is 0 Å². The molecule has 0 aliphatic carbocycles. The van der Waals surface area contributed by atoms with Crippen molar-refractivity contribution < 1.29 is 14.3 Å². The van der Waals surface area contributed by atoms with E-state index >= 15 is 0 Å². The Morgan fingerprint density at radius 3 is 2.43 bits per heavy atom. The zero-order valence-electron chi connectivity index (χ0n) is 13.2. The lowest BCUT2D eigenvalue weighted by molar-refractivity contribution is 0.175. The van der Waals surface area contributed by atoms with Crippen molar-refractivity contribution in [2.24, 2.45) is 0 Å². The van der Waals surface area contributed by atoms with E-state index in [0.717, 1.165) is 11.3 Å². The number of aliphatic hydroxyl groups excluding tert-OH is 1. The summed E-state index contributed by atoms with van der Waals surface area (Å²) in [7, 11) is 0. The Morgan fingerprint density at radius 2 is 1.78 bits per heavy atom. The Morgan fingerprint density at radius 1 is 1.13 bits per heavy atom. The van der Waals surface area contributed by atoms with Gasteiger partial charge in [-0.25, -0.2) is 9.18 Å². The Hall–Kier alpha value is -2.40. The number of carbonyl (C=O) groups is 1. The third kappa shape index (κ3) is 4.79. The first-order chi connectivity index (χ1) is 11.0. The van der Waals surface area contributed by atoms with Gasteiger partial charge in [0.25, 0.3) is 0 Å². The van der Waals surface area contributed by atoms with E-state index in [1.54, 1.807) is 0 Å². The number of para-hydroxylation sites is 1. The van der Waals surface area contributed by atoms with Gasteiger partial charge in [0.05, 0.1) is 6.10 Å². The van der Waals surface area contributed by atoms with Crippen molar-refractivity contribution in [1.82, 2.24) is 5.32 Å². The molecule has 2 amide bonds. The second kappa shape index (κ2) is 7.74. The number of benzene rings is 2. The van der Waals surface area contributed by atoms with Gasteiger partial charge >= 0.3 is 6.03 Å². The third-order valence-electron chi connectivity index (χ3n) is 3.54. The van der Waals surface area contributed by atoms with E-state index in [2.05, 4.69) is 24.5 Å². The molecule has 1 unspecified atom stereocenters. The number of aliphatic hydroxyl groups is 1. The van der Waals surface area contributed by atoms with Gasteiger partial charge in [-0.15, -0.1) is 0 Å². The number of nitrogens with one attached hydrogen (secondary N) is 2. The zero-order chi connectivity index (χ0) is 16.8. The Kier molecular flexibility index (Phi) is 5.71. The monoisotopic (exact) mass is 316 g/mol. The number of anilines is 1. The molecule has 0 aliphatic rings. The Labute approximate surface area is 135 Å². The SMILES string of the molecule is CC(C)c1ccccc1NC(=O)NCC(O)c1ccc(F)cc1. The maximum Gasteiger partial charge on any atom is 0.319 e. The summed E-state index contributed by atoms with van der Waals surface area (Å²) in [6.07, 6.45) is -0.887. The Balaban J connectivity index is 1.91. The molecule has 0 bridgehead atoms. The highest BCUT2D eigenvalue weighted by molar-refractivity contribution is 5.90. The van der Waals surface area contributed by atoms with Crippen LogP contribution in [0.1, 0.15) is 37.0 Å². The van der Waals surface area contributed by atoms with Gasteiger partial charge < -0.3 is 15.7 Å². The van der Waals surface area contributed by atoms with Crippen LogP contribution < -0.4 is 10.6 Å². The van der Waals surface area contributed by atoms with Crippen LogP contribution >= 0.6 is 0 Å². The molecule has 2 aromatic rings. The van der Waals surface area contributed by atoms with Crippen LogP contribution in [0.5, 0.6) is 0 Å². The molecule has 23 heavy (non-hydrogen) atoms. The van der Waals surface area contributed by atoms with Crippen molar-refractivity contribution in [2.45, 2.75) is 25.9 Å². The molecule has 4 nitrogen and oxygen atoms in total. The minimum atomic E-state index is -0.887. The predicted octanol–water partition coefficient (Wildman–Crippen LogP) is 3.80. The van der Waals surface area contributed by atoms with Crippen LogP contribution in [0.25, 0.3) is 0 Å². The molecule has 2 rings (SSSR count). The first kappa shape index (κ1) is 17.0. The number of halogens is 1. The Bertz CT molecular complexity index is 656. The molecular formula is C18H21FN2O2. The van der Waals surface area contributed by atoms with Crippen molar-refractivity contribution in [2.75, 3.05) is 11.9 Å². The van der Waals surface area contributed by atoms with Crippen molar-refractivity contribution >= 4 is 11.7 Å². The minimum absolute atomic E-state index is 0.0430. The van der Waals surface area contributed by atoms with E-state index in [9.17, 15) is 14.3 Å². The molecule has 122 valence electrons. The largest absolute Gasteiger partial charge is 0.387 e. The lowest BCUT2D eigenvalue weighted by atomic mass is 10.0. The van der Waals surface area contributed by atoms with E-state index in [1.165, 1.54) is 24.3 Å². The van der Waals surface area contributed by atoms with Crippen LogP contribution in [0.15, 0.2) is 48.5 Å². The van der Waals surface area contributed by atoms with Gasteiger partial charge in [0.15, 0.2) is 0 Å². The van der Waals surface area contributed by atoms with Crippen molar-refractivity contribution in [1.29, 1.82) is 0 Å². The number of hydrogen-bond acceptors (Lipinski definition) is 2. The summed E-state index contributed by atoms with van der Waals surface area (Å²) in [5, 5.41) is 15.4. The first-order valence-corrected chi connectivity index (χ1v) is 7.54. The lowest BCUT2D eigenvalue weighted by Crippen LogP contribution is -2.32. The molecule has 0 radical (unpaired) electrons. The van der Waals surface area contributed by atoms with E-state index < -0.39 is 6.10 Å². The molecule has 2 aromatic carbocycles. The average Bonchev–Trinajstić information content (AvgIpc) is 2.53. The highest BCUT2D eigenvalue weighted by atomic mass is 19.1. The van der Waals surface area contributed by atoms with Crippen LogP contribution in [-0.2, 0) is 0 Å². The van der Waals surface area contributed by atoms with Crippen molar-refractivity contribution in [3.63, 3.8) is 0 Å². The maximum atomic E-state index is 12.8. The van der Waals surface area contributed by atoms with Crippen LogP contribution in [-0.4, -0.2) is 17.7 Å². The quantitative estimate of drug-likeness (QED) is 0.785. The number of carbonyl (C=O) groups excluding carboxylic acids is 1. The van der Waals surface area contributed by atoms with Crippen LogP contribution in [0.2, 0.25) is 0 Å². The lowest BCUT2D eigenvalue weighted by Gasteiger charge is -2.16. The molecule has 5 heteroatoms. The normalized spacial score (nSPS) is 12.0. The summed E-state index contributed by atoms with van der Waals surface area (Å²) in [6, 6.07) is 12.7. The molecule has 0 saturated carbocycles. The smallest absolute Gasteiger partial charge is 0.319 e. The van der Waals surface area contributed by atoms with Gasteiger partial charge in [-0.05, 0) is 35.2 Å². The number of urea groups is 1.